The number of nitrogens with one attached hydrogen (secondary N) is 1. The number of hydrogen-bond acceptors (Lipinski definition) is 2. The van der Waals surface area contributed by atoms with E-state index in [1.54, 1.807) is 0 Å². The molecule has 1 aromatic rings. The Morgan fingerprint density at radius 3 is 2.88 bits per heavy atom. The first kappa shape index (κ1) is 12.2. The van der Waals surface area contributed by atoms with Crippen LogP contribution < -0.4 is 5.32 Å². The first-order valence-electron chi connectivity index (χ1n) is 6.14. The summed E-state index contributed by atoms with van der Waals surface area (Å²) in [6.07, 6.45) is 4.03. The maximum atomic E-state index is 5.49. The second-order valence-electron chi connectivity index (χ2n) is 4.96. The molecule has 0 saturated heterocycles. The molecule has 2 rings (SSSR count). The maximum absolute atomic E-state index is 5.49. The SMILES string of the molecule is CC1CCCC(NCc2ccc(Br)o2)C1C. The van der Waals surface area contributed by atoms with Crippen molar-refractivity contribution in [2.24, 2.45) is 11.8 Å². The predicted octanol–water partition coefficient (Wildman–Crippen LogP) is 3.96. The van der Waals surface area contributed by atoms with E-state index < -0.39 is 0 Å². The highest BCUT2D eigenvalue weighted by molar-refractivity contribution is 9.10. The average Bonchev–Trinajstić information content (AvgIpc) is 2.67. The van der Waals surface area contributed by atoms with Crippen molar-refractivity contribution >= 4 is 15.9 Å². The summed E-state index contributed by atoms with van der Waals surface area (Å²) in [6.45, 7) is 5.56. The van der Waals surface area contributed by atoms with E-state index in [0.717, 1.165) is 28.8 Å². The molecule has 3 unspecified atom stereocenters. The van der Waals surface area contributed by atoms with Crippen LogP contribution in [0.5, 0.6) is 0 Å². The van der Waals surface area contributed by atoms with Crippen molar-refractivity contribution < 1.29 is 4.42 Å². The Bertz CT molecular complexity index is 336. The van der Waals surface area contributed by atoms with Crippen LogP contribution in [-0.2, 0) is 6.54 Å². The van der Waals surface area contributed by atoms with E-state index in [1.807, 2.05) is 12.1 Å². The molecular weight excluding hydrogens is 266 g/mol. The summed E-state index contributed by atoms with van der Waals surface area (Å²) < 4.78 is 6.31. The van der Waals surface area contributed by atoms with Gasteiger partial charge in [0.15, 0.2) is 4.67 Å². The Balaban J connectivity index is 1.85. The van der Waals surface area contributed by atoms with Gasteiger partial charge < -0.3 is 9.73 Å². The summed E-state index contributed by atoms with van der Waals surface area (Å²) in [5.41, 5.74) is 0. The van der Waals surface area contributed by atoms with Gasteiger partial charge in [0.1, 0.15) is 5.76 Å². The first-order valence-corrected chi connectivity index (χ1v) is 6.93. The molecule has 2 nitrogen and oxygen atoms in total. The molecule has 16 heavy (non-hydrogen) atoms. The van der Waals surface area contributed by atoms with Gasteiger partial charge in [0, 0.05) is 6.04 Å². The van der Waals surface area contributed by atoms with Gasteiger partial charge in [0.25, 0.3) is 0 Å². The summed E-state index contributed by atoms with van der Waals surface area (Å²) in [5, 5.41) is 3.62. The maximum Gasteiger partial charge on any atom is 0.169 e. The third kappa shape index (κ3) is 2.89. The fourth-order valence-electron chi connectivity index (χ4n) is 2.55. The summed E-state index contributed by atoms with van der Waals surface area (Å²) in [6, 6.07) is 4.62. The Morgan fingerprint density at radius 1 is 1.38 bits per heavy atom. The lowest BCUT2D eigenvalue weighted by atomic mass is 9.78. The minimum atomic E-state index is 0.646. The summed E-state index contributed by atoms with van der Waals surface area (Å²) >= 11 is 3.33. The zero-order chi connectivity index (χ0) is 11.5. The Hall–Kier alpha value is -0.280. The predicted molar refractivity (Wildman–Crippen MR) is 69.2 cm³/mol. The van der Waals surface area contributed by atoms with Crippen molar-refractivity contribution in [2.45, 2.75) is 45.7 Å². The third-order valence-electron chi connectivity index (χ3n) is 3.87. The fourth-order valence-corrected chi connectivity index (χ4v) is 2.89. The van der Waals surface area contributed by atoms with Gasteiger partial charge in [-0.05, 0) is 46.3 Å². The quantitative estimate of drug-likeness (QED) is 0.910. The third-order valence-corrected chi connectivity index (χ3v) is 4.30. The normalized spacial score (nSPS) is 30.6. The largest absolute Gasteiger partial charge is 0.453 e. The highest BCUT2D eigenvalue weighted by Gasteiger charge is 2.26. The zero-order valence-electron chi connectivity index (χ0n) is 10.0. The van der Waals surface area contributed by atoms with Gasteiger partial charge in [0.05, 0.1) is 6.54 Å². The van der Waals surface area contributed by atoms with Gasteiger partial charge in [0.2, 0.25) is 0 Å². The van der Waals surface area contributed by atoms with Crippen molar-refractivity contribution in [3.63, 3.8) is 0 Å². The highest BCUT2D eigenvalue weighted by Crippen LogP contribution is 2.29. The fraction of sp³-hybridized carbons (Fsp3) is 0.692. The molecule has 1 aliphatic carbocycles. The van der Waals surface area contributed by atoms with E-state index in [9.17, 15) is 0 Å². The number of halogens is 1. The van der Waals surface area contributed by atoms with E-state index in [2.05, 4.69) is 35.1 Å². The molecular formula is C13H20BrNO. The van der Waals surface area contributed by atoms with Crippen LogP contribution in [0.4, 0.5) is 0 Å². The molecule has 1 N–H and O–H groups in total. The Kier molecular flexibility index (Phi) is 4.09. The molecule has 0 spiro atoms. The molecule has 0 radical (unpaired) electrons. The summed E-state index contributed by atoms with van der Waals surface area (Å²) in [4.78, 5) is 0. The molecule has 1 fully saturated rings. The lowest BCUT2D eigenvalue weighted by Crippen LogP contribution is -2.40. The molecule has 0 amide bonds. The number of hydrogen-bond donors (Lipinski definition) is 1. The minimum Gasteiger partial charge on any atom is -0.453 e. The second-order valence-corrected chi connectivity index (χ2v) is 5.74. The van der Waals surface area contributed by atoms with E-state index in [-0.39, 0.29) is 0 Å². The van der Waals surface area contributed by atoms with Crippen LogP contribution in [0.2, 0.25) is 0 Å². The highest BCUT2D eigenvalue weighted by atomic mass is 79.9. The number of rotatable bonds is 3. The van der Waals surface area contributed by atoms with E-state index in [4.69, 9.17) is 4.42 Å². The van der Waals surface area contributed by atoms with Gasteiger partial charge in [-0.2, -0.15) is 0 Å². The van der Waals surface area contributed by atoms with Crippen LogP contribution in [0, 0.1) is 11.8 Å². The summed E-state index contributed by atoms with van der Waals surface area (Å²) in [7, 11) is 0. The minimum absolute atomic E-state index is 0.646. The summed E-state index contributed by atoms with van der Waals surface area (Å²) in [5.74, 6) is 2.62. The van der Waals surface area contributed by atoms with Crippen molar-refractivity contribution in [3.05, 3.63) is 22.6 Å². The first-order chi connectivity index (χ1) is 7.66. The van der Waals surface area contributed by atoms with Crippen LogP contribution in [0.1, 0.15) is 38.9 Å². The lowest BCUT2D eigenvalue weighted by molar-refractivity contribution is 0.202. The van der Waals surface area contributed by atoms with E-state index in [1.165, 1.54) is 19.3 Å². The molecule has 1 saturated carbocycles. The monoisotopic (exact) mass is 285 g/mol. The standard InChI is InChI=1S/C13H20BrNO/c1-9-4-3-5-12(10(9)2)15-8-11-6-7-13(14)16-11/h6-7,9-10,12,15H,3-5,8H2,1-2H3. The molecule has 0 aromatic carbocycles. The second kappa shape index (κ2) is 5.37. The van der Waals surface area contributed by atoms with Crippen molar-refractivity contribution in [2.75, 3.05) is 0 Å². The molecule has 90 valence electrons. The Labute approximate surface area is 106 Å². The van der Waals surface area contributed by atoms with Crippen LogP contribution in [0.3, 0.4) is 0 Å². The molecule has 1 aliphatic rings. The van der Waals surface area contributed by atoms with Crippen molar-refractivity contribution in [1.82, 2.24) is 5.32 Å². The lowest BCUT2D eigenvalue weighted by Gasteiger charge is -2.34. The smallest absolute Gasteiger partial charge is 0.169 e. The molecule has 3 atom stereocenters. The van der Waals surface area contributed by atoms with Crippen LogP contribution in [0.25, 0.3) is 0 Å². The molecule has 1 aromatic heterocycles. The van der Waals surface area contributed by atoms with Crippen molar-refractivity contribution in [3.8, 4) is 0 Å². The molecule has 1 heterocycles. The molecule has 0 aliphatic heterocycles. The van der Waals surface area contributed by atoms with Crippen LogP contribution in [-0.4, -0.2) is 6.04 Å². The zero-order valence-corrected chi connectivity index (χ0v) is 11.6. The van der Waals surface area contributed by atoms with E-state index >= 15 is 0 Å². The molecule has 0 bridgehead atoms. The van der Waals surface area contributed by atoms with Gasteiger partial charge in [-0.1, -0.05) is 26.7 Å². The average molecular weight is 286 g/mol. The van der Waals surface area contributed by atoms with Gasteiger partial charge in [-0.15, -0.1) is 0 Å². The Morgan fingerprint density at radius 2 is 2.19 bits per heavy atom. The van der Waals surface area contributed by atoms with Crippen molar-refractivity contribution in [1.29, 1.82) is 0 Å². The topological polar surface area (TPSA) is 25.2 Å². The van der Waals surface area contributed by atoms with E-state index in [0.29, 0.717) is 6.04 Å². The van der Waals surface area contributed by atoms with Crippen LogP contribution in [0.15, 0.2) is 21.2 Å². The van der Waals surface area contributed by atoms with Crippen LogP contribution >= 0.6 is 15.9 Å². The number of furan rings is 1. The van der Waals surface area contributed by atoms with Gasteiger partial charge in [-0.25, -0.2) is 0 Å². The van der Waals surface area contributed by atoms with Gasteiger partial charge in [-0.3, -0.25) is 0 Å². The van der Waals surface area contributed by atoms with Gasteiger partial charge >= 0.3 is 0 Å². The molecule has 3 heteroatoms.